The highest BCUT2D eigenvalue weighted by atomic mass is 16.6. The van der Waals surface area contributed by atoms with Crippen LogP contribution in [0.15, 0.2) is 40.6 Å². The van der Waals surface area contributed by atoms with Crippen LogP contribution in [0.2, 0.25) is 0 Å². The summed E-state index contributed by atoms with van der Waals surface area (Å²) in [7, 11) is 0. The number of benzene rings is 1. The van der Waals surface area contributed by atoms with Crippen LogP contribution in [-0.2, 0) is 9.53 Å². The second-order valence-electron chi connectivity index (χ2n) is 3.92. The number of hydrogen-bond donors (Lipinski definition) is 0. The molecule has 1 rings (SSSR count). The number of nitrogens with zero attached hydrogens (tertiary/aromatic N) is 2. The molecule has 0 aliphatic heterocycles. The number of azo groups is 1. The van der Waals surface area contributed by atoms with E-state index in [0.29, 0.717) is 5.75 Å². The van der Waals surface area contributed by atoms with Gasteiger partial charge in [0.25, 0.3) is 0 Å². The molecule has 0 spiro atoms. The first-order valence-electron chi connectivity index (χ1n) is 5.28. The molecular weight excluding hydrogens is 236 g/mol. The standard InChI is InChI=1S/C12H14N2O4/c1-9(15)18-12(2,3)14-13-11(16)17-10-7-5-4-6-8-10/h4-8H,1-3H3/b14-13+. The van der Waals surface area contributed by atoms with Gasteiger partial charge in [-0.15, -0.1) is 5.11 Å². The summed E-state index contributed by atoms with van der Waals surface area (Å²) >= 11 is 0. The van der Waals surface area contributed by atoms with Crippen molar-refractivity contribution in [3.63, 3.8) is 0 Å². The van der Waals surface area contributed by atoms with Gasteiger partial charge in [0.05, 0.1) is 0 Å². The zero-order valence-electron chi connectivity index (χ0n) is 10.4. The molecule has 18 heavy (non-hydrogen) atoms. The van der Waals surface area contributed by atoms with Gasteiger partial charge in [-0.05, 0) is 26.0 Å². The molecule has 6 nitrogen and oxygen atoms in total. The topological polar surface area (TPSA) is 77.3 Å². The fraction of sp³-hybridized carbons (Fsp3) is 0.333. The minimum atomic E-state index is -1.19. The van der Waals surface area contributed by atoms with Crippen LogP contribution < -0.4 is 4.74 Å². The van der Waals surface area contributed by atoms with Crippen LogP contribution in [0.3, 0.4) is 0 Å². The van der Waals surface area contributed by atoms with Crippen molar-refractivity contribution in [3.05, 3.63) is 30.3 Å². The zero-order valence-corrected chi connectivity index (χ0v) is 10.4. The van der Waals surface area contributed by atoms with Crippen LogP contribution in [0.25, 0.3) is 0 Å². The lowest BCUT2D eigenvalue weighted by Gasteiger charge is -2.16. The van der Waals surface area contributed by atoms with Gasteiger partial charge in [-0.2, -0.15) is 0 Å². The summed E-state index contributed by atoms with van der Waals surface area (Å²) in [5, 5.41) is 6.93. The van der Waals surface area contributed by atoms with Crippen LogP contribution in [0.1, 0.15) is 20.8 Å². The lowest BCUT2D eigenvalue weighted by atomic mass is 10.3. The fourth-order valence-electron chi connectivity index (χ4n) is 1.14. The second-order valence-corrected chi connectivity index (χ2v) is 3.92. The molecule has 6 heteroatoms. The van der Waals surface area contributed by atoms with Crippen molar-refractivity contribution in [1.29, 1.82) is 0 Å². The maximum atomic E-state index is 11.3. The van der Waals surface area contributed by atoms with Crippen LogP contribution in [0.5, 0.6) is 5.75 Å². The third kappa shape index (κ3) is 5.20. The molecule has 0 aliphatic rings. The van der Waals surface area contributed by atoms with Crippen molar-refractivity contribution in [1.82, 2.24) is 0 Å². The Morgan fingerprint density at radius 3 is 2.33 bits per heavy atom. The average Bonchev–Trinajstić information content (AvgIpc) is 2.26. The Labute approximate surface area is 105 Å². The van der Waals surface area contributed by atoms with E-state index in [1.165, 1.54) is 20.8 Å². The molecule has 0 bridgehead atoms. The molecule has 1 amide bonds. The van der Waals surface area contributed by atoms with Crippen LogP contribution in [0.4, 0.5) is 4.79 Å². The highest BCUT2D eigenvalue weighted by molar-refractivity contribution is 5.70. The van der Waals surface area contributed by atoms with Gasteiger partial charge in [0, 0.05) is 6.92 Å². The number of amides is 1. The summed E-state index contributed by atoms with van der Waals surface area (Å²) in [4.78, 5) is 22.1. The number of carbonyl (C=O) groups is 2. The molecule has 96 valence electrons. The van der Waals surface area contributed by atoms with Gasteiger partial charge in [0.15, 0.2) is 0 Å². The molecule has 0 aliphatic carbocycles. The van der Waals surface area contributed by atoms with Gasteiger partial charge >= 0.3 is 12.1 Å². The Balaban J connectivity index is 2.57. The highest BCUT2D eigenvalue weighted by Crippen LogP contribution is 2.13. The maximum absolute atomic E-state index is 11.3. The van der Waals surface area contributed by atoms with Gasteiger partial charge in [-0.3, -0.25) is 4.79 Å². The highest BCUT2D eigenvalue weighted by Gasteiger charge is 2.20. The van der Waals surface area contributed by atoms with Crippen molar-refractivity contribution in [2.75, 3.05) is 0 Å². The van der Waals surface area contributed by atoms with E-state index in [4.69, 9.17) is 9.47 Å². The third-order valence-corrected chi connectivity index (χ3v) is 1.71. The minimum Gasteiger partial charge on any atom is -0.436 e. The van der Waals surface area contributed by atoms with Gasteiger partial charge in [-0.25, -0.2) is 4.79 Å². The van der Waals surface area contributed by atoms with Crippen molar-refractivity contribution >= 4 is 12.1 Å². The first kappa shape index (κ1) is 13.8. The van der Waals surface area contributed by atoms with E-state index >= 15 is 0 Å². The van der Waals surface area contributed by atoms with E-state index in [1.807, 2.05) is 0 Å². The predicted octanol–water partition coefficient (Wildman–Crippen LogP) is 2.94. The maximum Gasteiger partial charge on any atom is 0.457 e. The Morgan fingerprint density at radius 1 is 1.17 bits per heavy atom. The molecule has 0 atom stereocenters. The second kappa shape index (κ2) is 5.90. The number of rotatable bonds is 3. The Kier molecular flexibility index (Phi) is 4.53. The number of hydrogen-bond acceptors (Lipinski definition) is 5. The summed E-state index contributed by atoms with van der Waals surface area (Å²) in [6, 6.07) is 8.48. The molecule has 0 heterocycles. The summed E-state index contributed by atoms with van der Waals surface area (Å²) in [5.74, 6) is -0.137. The van der Waals surface area contributed by atoms with E-state index in [-0.39, 0.29) is 0 Å². The first-order chi connectivity index (χ1) is 8.39. The molecule has 0 unspecified atom stereocenters. The molecular formula is C12H14N2O4. The van der Waals surface area contributed by atoms with Crippen LogP contribution >= 0.6 is 0 Å². The van der Waals surface area contributed by atoms with Crippen LogP contribution in [-0.4, -0.2) is 17.8 Å². The summed E-state index contributed by atoms with van der Waals surface area (Å²) in [6.07, 6.45) is -0.874. The van der Waals surface area contributed by atoms with Gasteiger partial charge in [0.1, 0.15) is 5.75 Å². The van der Waals surface area contributed by atoms with E-state index in [2.05, 4.69) is 10.2 Å². The minimum absolute atomic E-state index is 0.367. The average molecular weight is 250 g/mol. The smallest absolute Gasteiger partial charge is 0.436 e. The monoisotopic (exact) mass is 250 g/mol. The Morgan fingerprint density at radius 2 is 1.78 bits per heavy atom. The summed E-state index contributed by atoms with van der Waals surface area (Å²) < 4.78 is 9.71. The SMILES string of the molecule is CC(=O)OC(C)(C)/N=N/C(=O)Oc1ccccc1. The van der Waals surface area contributed by atoms with E-state index in [0.717, 1.165) is 0 Å². The quantitative estimate of drug-likeness (QED) is 0.610. The molecule has 0 radical (unpaired) electrons. The molecule has 0 N–H and O–H groups in total. The molecule has 1 aromatic carbocycles. The third-order valence-electron chi connectivity index (χ3n) is 1.71. The molecule has 0 saturated heterocycles. The van der Waals surface area contributed by atoms with Gasteiger partial charge < -0.3 is 9.47 Å². The zero-order chi connectivity index (χ0) is 13.6. The van der Waals surface area contributed by atoms with Gasteiger partial charge in [0.2, 0.25) is 5.72 Å². The largest absolute Gasteiger partial charge is 0.457 e. The van der Waals surface area contributed by atoms with Crippen molar-refractivity contribution in [2.24, 2.45) is 10.2 Å². The normalized spacial score (nSPS) is 11.3. The lowest BCUT2D eigenvalue weighted by Crippen LogP contribution is -2.24. The number of para-hydroxylation sites is 1. The first-order valence-corrected chi connectivity index (χ1v) is 5.28. The van der Waals surface area contributed by atoms with E-state index in [1.54, 1.807) is 30.3 Å². The number of ether oxygens (including phenoxy) is 2. The summed E-state index contributed by atoms with van der Waals surface area (Å²) in [5.41, 5.74) is -1.19. The van der Waals surface area contributed by atoms with Crippen molar-refractivity contribution in [3.8, 4) is 5.75 Å². The van der Waals surface area contributed by atoms with Crippen molar-refractivity contribution in [2.45, 2.75) is 26.5 Å². The Hall–Kier alpha value is -2.24. The van der Waals surface area contributed by atoms with Crippen LogP contribution in [0, 0.1) is 0 Å². The van der Waals surface area contributed by atoms with Gasteiger partial charge in [-0.1, -0.05) is 23.3 Å². The number of carbonyl (C=O) groups excluding carboxylic acids is 2. The molecule has 0 aromatic heterocycles. The molecule has 0 fully saturated rings. The fourth-order valence-corrected chi connectivity index (χ4v) is 1.14. The lowest BCUT2D eigenvalue weighted by molar-refractivity contribution is -0.153. The predicted molar refractivity (Wildman–Crippen MR) is 63.2 cm³/mol. The number of esters is 1. The molecule has 0 saturated carbocycles. The van der Waals surface area contributed by atoms with E-state index in [9.17, 15) is 9.59 Å². The molecule has 1 aromatic rings. The Bertz CT molecular complexity index is 454. The van der Waals surface area contributed by atoms with Crippen molar-refractivity contribution < 1.29 is 19.1 Å². The van der Waals surface area contributed by atoms with E-state index < -0.39 is 17.8 Å². The summed E-state index contributed by atoms with van der Waals surface area (Å²) in [6.45, 7) is 4.26.